The van der Waals surface area contributed by atoms with Crippen LogP contribution in [0.2, 0.25) is 0 Å². The van der Waals surface area contributed by atoms with Crippen LogP contribution in [0.1, 0.15) is 18.0 Å². The molecule has 2 rings (SSSR count). The molecule has 0 aliphatic heterocycles. The summed E-state index contributed by atoms with van der Waals surface area (Å²) < 4.78 is 1.27. The SMILES string of the molecule is CC(NCCN(C)C)c1nc2ccccc2s1. The van der Waals surface area contributed by atoms with Crippen LogP contribution >= 0.6 is 11.3 Å². The molecule has 1 aromatic heterocycles. The lowest BCUT2D eigenvalue weighted by Gasteiger charge is -2.14. The number of benzene rings is 1. The number of nitrogens with zero attached hydrogens (tertiary/aromatic N) is 2. The van der Waals surface area contributed by atoms with Crippen molar-refractivity contribution in [2.45, 2.75) is 13.0 Å². The molecule has 0 fully saturated rings. The monoisotopic (exact) mass is 249 g/mol. The number of rotatable bonds is 5. The van der Waals surface area contributed by atoms with E-state index in [2.05, 4.69) is 54.4 Å². The van der Waals surface area contributed by atoms with Gasteiger partial charge in [0.25, 0.3) is 0 Å². The Balaban J connectivity index is 2.01. The summed E-state index contributed by atoms with van der Waals surface area (Å²) in [4.78, 5) is 6.83. The van der Waals surface area contributed by atoms with Crippen LogP contribution in [0.15, 0.2) is 24.3 Å². The summed E-state index contributed by atoms with van der Waals surface area (Å²) in [6.45, 7) is 4.21. The lowest BCUT2D eigenvalue weighted by Crippen LogP contribution is -2.28. The molecule has 0 saturated carbocycles. The molecule has 1 atom stereocenters. The maximum absolute atomic E-state index is 4.65. The summed E-state index contributed by atoms with van der Waals surface area (Å²) in [6, 6.07) is 8.63. The zero-order valence-corrected chi connectivity index (χ0v) is 11.4. The first-order valence-corrected chi connectivity index (χ1v) is 6.72. The van der Waals surface area contributed by atoms with Gasteiger partial charge in [-0.25, -0.2) is 4.98 Å². The quantitative estimate of drug-likeness (QED) is 0.882. The zero-order valence-electron chi connectivity index (χ0n) is 10.6. The predicted molar refractivity (Wildman–Crippen MR) is 74.6 cm³/mol. The fraction of sp³-hybridized carbons (Fsp3) is 0.462. The topological polar surface area (TPSA) is 28.2 Å². The van der Waals surface area contributed by atoms with Crippen LogP contribution in [-0.4, -0.2) is 37.1 Å². The molecule has 0 amide bonds. The molecule has 92 valence electrons. The van der Waals surface area contributed by atoms with Crippen LogP contribution in [0.5, 0.6) is 0 Å². The number of likely N-dealkylation sites (N-methyl/N-ethyl adjacent to an activating group) is 1. The van der Waals surface area contributed by atoms with Gasteiger partial charge in [0.2, 0.25) is 0 Å². The highest BCUT2D eigenvalue weighted by atomic mass is 32.1. The Hall–Kier alpha value is -0.970. The van der Waals surface area contributed by atoms with Gasteiger partial charge in [0, 0.05) is 13.1 Å². The van der Waals surface area contributed by atoms with Gasteiger partial charge in [-0.2, -0.15) is 0 Å². The highest BCUT2D eigenvalue weighted by Crippen LogP contribution is 2.25. The molecule has 3 nitrogen and oxygen atoms in total. The van der Waals surface area contributed by atoms with E-state index in [9.17, 15) is 0 Å². The normalized spacial score (nSPS) is 13.4. The van der Waals surface area contributed by atoms with Gasteiger partial charge in [-0.05, 0) is 33.2 Å². The van der Waals surface area contributed by atoms with Crippen molar-refractivity contribution in [1.82, 2.24) is 15.2 Å². The van der Waals surface area contributed by atoms with Crippen molar-refractivity contribution in [2.24, 2.45) is 0 Å². The van der Waals surface area contributed by atoms with Crippen LogP contribution in [0, 0.1) is 0 Å². The maximum atomic E-state index is 4.65. The molecule has 0 radical (unpaired) electrons. The molecular weight excluding hydrogens is 230 g/mol. The van der Waals surface area contributed by atoms with Crippen LogP contribution in [0.4, 0.5) is 0 Å². The summed E-state index contributed by atoms with van der Waals surface area (Å²) >= 11 is 1.78. The van der Waals surface area contributed by atoms with Gasteiger partial charge < -0.3 is 10.2 Å². The fourth-order valence-electron chi connectivity index (χ4n) is 1.67. The van der Waals surface area contributed by atoms with Crippen molar-refractivity contribution < 1.29 is 0 Å². The van der Waals surface area contributed by atoms with Crippen LogP contribution in [0.25, 0.3) is 10.2 Å². The van der Waals surface area contributed by atoms with Crippen molar-refractivity contribution in [2.75, 3.05) is 27.2 Å². The number of nitrogens with one attached hydrogen (secondary N) is 1. The van der Waals surface area contributed by atoms with Gasteiger partial charge in [0.15, 0.2) is 0 Å². The lowest BCUT2D eigenvalue weighted by atomic mass is 10.3. The number of fused-ring (bicyclic) bond motifs is 1. The number of hydrogen-bond donors (Lipinski definition) is 1. The third-order valence-corrected chi connectivity index (χ3v) is 3.91. The minimum absolute atomic E-state index is 0.326. The van der Waals surface area contributed by atoms with Crippen molar-refractivity contribution in [3.63, 3.8) is 0 Å². The van der Waals surface area contributed by atoms with Crippen molar-refractivity contribution in [3.8, 4) is 0 Å². The summed E-state index contributed by atoms with van der Waals surface area (Å²) in [6.07, 6.45) is 0. The van der Waals surface area contributed by atoms with E-state index in [1.165, 1.54) is 9.71 Å². The Labute approximate surface area is 106 Å². The summed E-state index contributed by atoms with van der Waals surface area (Å²) in [5.74, 6) is 0. The zero-order chi connectivity index (χ0) is 12.3. The van der Waals surface area contributed by atoms with Gasteiger partial charge >= 0.3 is 0 Å². The minimum atomic E-state index is 0.326. The Morgan fingerprint density at radius 2 is 2.12 bits per heavy atom. The lowest BCUT2D eigenvalue weighted by molar-refractivity contribution is 0.389. The molecule has 1 unspecified atom stereocenters. The van der Waals surface area contributed by atoms with Gasteiger partial charge in [-0.15, -0.1) is 11.3 Å². The van der Waals surface area contributed by atoms with Gasteiger partial charge in [0.05, 0.1) is 16.3 Å². The molecule has 0 aliphatic carbocycles. The second-order valence-corrected chi connectivity index (χ2v) is 5.56. The first-order chi connectivity index (χ1) is 8.16. The second kappa shape index (κ2) is 5.58. The predicted octanol–water partition coefficient (Wildman–Crippen LogP) is 2.51. The summed E-state index contributed by atoms with van der Waals surface area (Å²) in [5.41, 5.74) is 1.11. The number of thiazole rings is 1. The first kappa shape index (κ1) is 12.5. The minimum Gasteiger partial charge on any atom is -0.308 e. The van der Waals surface area contributed by atoms with Crippen molar-refractivity contribution in [3.05, 3.63) is 29.3 Å². The van der Waals surface area contributed by atoms with Gasteiger partial charge in [-0.3, -0.25) is 0 Å². The standard InChI is InChI=1S/C13H19N3S/c1-10(14-8-9-16(2)3)13-15-11-6-4-5-7-12(11)17-13/h4-7,10,14H,8-9H2,1-3H3. The van der Waals surface area contributed by atoms with Crippen LogP contribution in [-0.2, 0) is 0 Å². The maximum Gasteiger partial charge on any atom is 0.111 e. The molecule has 0 bridgehead atoms. The second-order valence-electron chi connectivity index (χ2n) is 4.50. The van der Waals surface area contributed by atoms with E-state index < -0.39 is 0 Å². The Bertz CT molecular complexity index is 445. The molecule has 0 aliphatic rings. The van der Waals surface area contributed by atoms with E-state index in [1.807, 2.05) is 6.07 Å². The van der Waals surface area contributed by atoms with E-state index in [4.69, 9.17) is 0 Å². The van der Waals surface area contributed by atoms with E-state index in [-0.39, 0.29) is 0 Å². The Morgan fingerprint density at radius 3 is 2.82 bits per heavy atom. The van der Waals surface area contributed by atoms with E-state index in [0.717, 1.165) is 18.6 Å². The average molecular weight is 249 g/mol. The third kappa shape index (κ3) is 3.25. The van der Waals surface area contributed by atoms with E-state index >= 15 is 0 Å². The van der Waals surface area contributed by atoms with Crippen molar-refractivity contribution >= 4 is 21.6 Å². The van der Waals surface area contributed by atoms with Crippen LogP contribution < -0.4 is 5.32 Å². The highest BCUT2D eigenvalue weighted by Gasteiger charge is 2.10. The first-order valence-electron chi connectivity index (χ1n) is 5.90. The average Bonchev–Trinajstić information content (AvgIpc) is 2.71. The molecule has 1 heterocycles. The molecule has 2 aromatic rings. The Morgan fingerprint density at radius 1 is 1.35 bits per heavy atom. The molecule has 0 spiro atoms. The molecule has 0 saturated heterocycles. The van der Waals surface area contributed by atoms with E-state index in [1.54, 1.807) is 11.3 Å². The van der Waals surface area contributed by atoms with Crippen LogP contribution in [0.3, 0.4) is 0 Å². The van der Waals surface area contributed by atoms with Crippen molar-refractivity contribution in [1.29, 1.82) is 0 Å². The summed E-state index contributed by atoms with van der Waals surface area (Å²) in [7, 11) is 4.17. The summed E-state index contributed by atoms with van der Waals surface area (Å²) in [5, 5.41) is 4.67. The molecule has 17 heavy (non-hydrogen) atoms. The molecular formula is C13H19N3S. The highest BCUT2D eigenvalue weighted by molar-refractivity contribution is 7.18. The van der Waals surface area contributed by atoms with Gasteiger partial charge in [0.1, 0.15) is 5.01 Å². The fourth-order valence-corrected chi connectivity index (χ4v) is 2.66. The smallest absolute Gasteiger partial charge is 0.111 e. The number of para-hydroxylation sites is 1. The molecule has 4 heteroatoms. The number of hydrogen-bond acceptors (Lipinski definition) is 4. The molecule has 1 N–H and O–H groups in total. The third-order valence-electron chi connectivity index (χ3n) is 2.69. The Kier molecular flexibility index (Phi) is 4.10. The van der Waals surface area contributed by atoms with E-state index in [0.29, 0.717) is 6.04 Å². The number of aromatic nitrogens is 1. The molecule has 1 aromatic carbocycles. The van der Waals surface area contributed by atoms with Gasteiger partial charge in [-0.1, -0.05) is 12.1 Å². The largest absolute Gasteiger partial charge is 0.308 e.